The Balaban J connectivity index is 1.69. The summed E-state index contributed by atoms with van der Waals surface area (Å²) in [6, 6.07) is 6.80. The first kappa shape index (κ1) is 11.5. The fourth-order valence-corrected chi connectivity index (χ4v) is 4.23. The Labute approximate surface area is 108 Å². The molecular formula is C15H21NS. The third kappa shape index (κ3) is 2.62. The summed E-state index contributed by atoms with van der Waals surface area (Å²) in [5, 5.41) is 3.70. The van der Waals surface area contributed by atoms with E-state index in [-0.39, 0.29) is 0 Å². The van der Waals surface area contributed by atoms with Crippen LogP contribution in [0.2, 0.25) is 0 Å². The molecule has 0 spiro atoms. The van der Waals surface area contributed by atoms with Crippen molar-refractivity contribution in [2.45, 2.75) is 32.1 Å². The third-order valence-corrected chi connectivity index (χ3v) is 5.23. The predicted octanol–water partition coefficient (Wildman–Crippen LogP) is 3.73. The van der Waals surface area contributed by atoms with Crippen LogP contribution in [0.5, 0.6) is 0 Å². The predicted molar refractivity (Wildman–Crippen MR) is 77.0 cm³/mol. The van der Waals surface area contributed by atoms with Gasteiger partial charge < -0.3 is 5.32 Å². The Bertz CT molecular complexity index is 383. The molecule has 1 aliphatic carbocycles. The van der Waals surface area contributed by atoms with E-state index in [0.717, 1.165) is 5.92 Å². The molecule has 1 saturated heterocycles. The molecule has 92 valence electrons. The van der Waals surface area contributed by atoms with Crippen molar-refractivity contribution in [3.8, 4) is 0 Å². The second-order valence-electron chi connectivity index (χ2n) is 5.26. The second kappa shape index (κ2) is 5.34. The van der Waals surface area contributed by atoms with Crippen LogP contribution in [0.15, 0.2) is 18.2 Å². The van der Waals surface area contributed by atoms with Crippen molar-refractivity contribution < 1.29 is 0 Å². The Hall–Kier alpha value is -0.630. The summed E-state index contributed by atoms with van der Waals surface area (Å²) in [5.74, 6) is 3.60. The molecule has 1 fully saturated rings. The normalized spacial score (nSPS) is 23.4. The summed E-state index contributed by atoms with van der Waals surface area (Å²) in [6.45, 7) is 1.17. The zero-order valence-corrected chi connectivity index (χ0v) is 11.2. The molecule has 1 nitrogen and oxygen atoms in total. The fraction of sp³-hybridized carbons (Fsp3) is 0.600. The van der Waals surface area contributed by atoms with Crippen LogP contribution in [0, 0.1) is 5.92 Å². The second-order valence-corrected chi connectivity index (χ2v) is 6.41. The van der Waals surface area contributed by atoms with Crippen molar-refractivity contribution in [2.24, 2.45) is 5.92 Å². The molecule has 0 amide bonds. The summed E-state index contributed by atoms with van der Waals surface area (Å²) < 4.78 is 0. The van der Waals surface area contributed by atoms with Crippen LogP contribution in [-0.2, 0) is 12.8 Å². The van der Waals surface area contributed by atoms with Gasteiger partial charge in [-0.15, -0.1) is 0 Å². The van der Waals surface area contributed by atoms with E-state index < -0.39 is 0 Å². The minimum atomic E-state index is 0.888. The van der Waals surface area contributed by atoms with Crippen molar-refractivity contribution in [1.29, 1.82) is 0 Å². The van der Waals surface area contributed by atoms with Crippen LogP contribution in [-0.4, -0.2) is 18.1 Å². The summed E-state index contributed by atoms with van der Waals surface area (Å²) in [4.78, 5) is 0. The molecular weight excluding hydrogens is 226 g/mol. The molecule has 0 radical (unpaired) electrons. The summed E-state index contributed by atoms with van der Waals surface area (Å²) >= 11 is 2.11. The molecule has 1 N–H and O–H groups in total. The van der Waals surface area contributed by atoms with Crippen molar-refractivity contribution in [3.63, 3.8) is 0 Å². The number of thioether (sulfide) groups is 1. The third-order valence-electron chi connectivity index (χ3n) is 4.00. The number of nitrogens with one attached hydrogen (secondary N) is 1. The lowest BCUT2D eigenvalue weighted by molar-refractivity contribution is 0.629. The van der Waals surface area contributed by atoms with Crippen molar-refractivity contribution in [2.75, 3.05) is 23.4 Å². The Morgan fingerprint density at radius 3 is 3.06 bits per heavy atom. The van der Waals surface area contributed by atoms with Crippen molar-refractivity contribution >= 4 is 17.4 Å². The molecule has 0 aromatic heterocycles. The summed E-state index contributed by atoms with van der Waals surface area (Å²) in [7, 11) is 0. The van der Waals surface area contributed by atoms with Gasteiger partial charge in [-0.05, 0) is 66.7 Å². The SMILES string of the molecule is c1cc2c(c(NCC3CCSC3)c1)CCCC2. The van der Waals surface area contributed by atoms with Gasteiger partial charge in [0.25, 0.3) is 0 Å². The van der Waals surface area contributed by atoms with Crippen LogP contribution in [0.1, 0.15) is 30.4 Å². The molecule has 1 aliphatic heterocycles. The molecule has 0 bridgehead atoms. The van der Waals surface area contributed by atoms with E-state index >= 15 is 0 Å². The van der Waals surface area contributed by atoms with E-state index in [2.05, 4.69) is 35.3 Å². The van der Waals surface area contributed by atoms with Crippen LogP contribution in [0.4, 0.5) is 5.69 Å². The average molecular weight is 247 g/mol. The van der Waals surface area contributed by atoms with E-state index in [4.69, 9.17) is 0 Å². The van der Waals surface area contributed by atoms with Crippen LogP contribution in [0.3, 0.4) is 0 Å². The maximum absolute atomic E-state index is 3.70. The van der Waals surface area contributed by atoms with Crippen molar-refractivity contribution in [3.05, 3.63) is 29.3 Å². The molecule has 17 heavy (non-hydrogen) atoms. The number of aryl methyl sites for hydroxylation is 1. The maximum atomic E-state index is 3.70. The Morgan fingerprint density at radius 1 is 1.24 bits per heavy atom. The Kier molecular flexibility index (Phi) is 3.60. The molecule has 1 unspecified atom stereocenters. The van der Waals surface area contributed by atoms with Crippen LogP contribution < -0.4 is 5.32 Å². The van der Waals surface area contributed by atoms with Crippen molar-refractivity contribution in [1.82, 2.24) is 0 Å². The highest BCUT2D eigenvalue weighted by Gasteiger charge is 2.17. The number of hydrogen-bond acceptors (Lipinski definition) is 2. The molecule has 0 saturated carbocycles. The molecule has 1 heterocycles. The first-order valence-corrected chi connectivity index (χ1v) is 8.01. The van der Waals surface area contributed by atoms with Gasteiger partial charge in [0, 0.05) is 12.2 Å². The van der Waals surface area contributed by atoms with Gasteiger partial charge in [-0.1, -0.05) is 12.1 Å². The zero-order chi connectivity index (χ0) is 11.5. The lowest BCUT2D eigenvalue weighted by atomic mass is 9.90. The lowest BCUT2D eigenvalue weighted by Crippen LogP contribution is -2.16. The van der Waals surface area contributed by atoms with Gasteiger partial charge >= 0.3 is 0 Å². The summed E-state index contributed by atoms with van der Waals surface area (Å²) in [6.07, 6.45) is 6.69. The van der Waals surface area contributed by atoms with Crippen LogP contribution >= 0.6 is 11.8 Å². The maximum Gasteiger partial charge on any atom is 0.0375 e. The number of fused-ring (bicyclic) bond motifs is 1. The van der Waals surface area contributed by atoms with Crippen LogP contribution in [0.25, 0.3) is 0 Å². The number of anilines is 1. The zero-order valence-electron chi connectivity index (χ0n) is 10.4. The first-order valence-electron chi connectivity index (χ1n) is 6.86. The highest BCUT2D eigenvalue weighted by molar-refractivity contribution is 7.99. The average Bonchev–Trinajstić information content (AvgIpc) is 2.89. The smallest absolute Gasteiger partial charge is 0.0375 e. The first-order chi connectivity index (χ1) is 8.43. The molecule has 2 aliphatic rings. The molecule has 3 rings (SSSR count). The topological polar surface area (TPSA) is 12.0 Å². The monoisotopic (exact) mass is 247 g/mol. The molecule has 1 aromatic carbocycles. The molecule has 1 atom stereocenters. The van der Waals surface area contributed by atoms with Gasteiger partial charge in [0.05, 0.1) is 0 Å². The van der Waals surface area contributed by atoms with Gasteiger partial charge in [0.1, 0.15) is 0 Å². The largest absolute Gasteiger partial charge is 0.385 e. The number of benzene rings is 1. The van der Waals surface area contributed by atoms with Gasteiger partial charge in [-0.25, -0.2) is 0 Å². The van der Waals surface area contributed by atoms with Gasteiger partial charge in [-0.3, -0.25) is 0 Å². The molecule has 2 heteroatoms. The van der Waals surface area contributed by atoms with E-state index in [1.807, 2.05) is 0 Å². The minimum Gasteiger partial charge on any atom is -0.385 e. The minimum absolute atomic E-state index is 0.888. The lowest BCUT2D eigenvalue weighted by Gasteiger charge is -2.21. The fourth-order valence-electron chi connectivity index (χ4n) is 2.95. The standard InChI is InChI=1S/C15H21NS/c1-2-6-14-13(4-1)5-3-7-15(14)16-10-12-8-9-17-11-12/h3,5,7,12,16H,1-2,4,6,8-11H2. The van der Waals surface area contributed by atoms with E-state index in [9.17, 15) is 0 Å². The van der Waals surface area contributed by atoms with Gasteiger partial charge in [0.15, 0.2) is 0 Å². The van der Waals surface area contributed by atoms with Gasteiger partial charge in [0.2, 0.25) is 0 Å². The van der Waals surface area contributed by atoms with E-state index in [0.29, 0.717) is 0 Å². The van der Waals surface area contributed by atoms with Gasteiger partial charge in [-0.2, -0.15) is 11.8 Å². The summed E-state index contributed by atoms with van der Waals surface area (Å²) in [5.41, 5.74) is 4.60. The number of hydrogen-bond donors (Lipinski definition) is 1. The quantitative estimate of drug-likeness (QED) is 0.873. The van der Waals surface area contributed by atoms with E-state index in [1.54, 1.807) is 11.1 Å². The highest BCUT2D eigenvalue weighted by Crippen LogP contribution is 2.29. The Morgan fingerprint density at radius 2 is 2.18 bits per heavy atom. The van der Waals surface area contributed by atoms with E-state index in [1.165, 1.54) is 55.8 Å². The number of rotatable bonds is 3. The molecule has 1 aromatic rings. The highest BCUT2D eigenvalue weighted by atomic mass is 32.2.